The molecule has 0 saturated carbocycles. The van der Waals surface area contributed by atoms with Gasteiger partial charge >= 0.3 is 5.97 Å². The summed E-state index contributed by atoms with van der Waals surface area (Å²) in [7, 11) is 0. The number of aliphatic hydroxyl groups excluding tert-OH is 2. The molecule has 2 unspecified atom stereocenters. The molecule has 6 heteroatoms. The molecule has 498 valence electrons. The van der Waals surface area contributed by atoms with Crippen LogP contribution in [0.5, 0.6) is 0 Å². The smallest absolute Gasteiger partial charge is 0.305 e. The van der Waals surface area contributed by atoms with Crippen LogP contribution in [0.15, 0.2) is 24.3 Å². The van der Waals surface area contributed by atoms with E-state index in [4.69, 9.17) is 4.74 Å². The topological polar surface area (TPSA) is 95.9 Å². The van der Waals surface area contributed by atoms with Crippen molar-refractivity contribution in [3.05, 3.63) is 24.3 Å². The maximum Gasteiger partial charge on any atom is 0.305 e. The average Bonchev–Trinajstić information content (AvgIpc) is 3.51. The Labute approximate surface area is 526 Å². The van der Waals surface area contributed by atoms with E-state index in [1.165, 1.54) is 372 Å². The van der Waals surface area contributed by atoms with Gasteiger partial charge in [0.1, 0.15) is 0 Å². The van der Waals surface area contributed by atoms with Gasteiger partial charge in [0.15, 0.2) is 0 Å². The molecule has 0 aliphatic rings. The second-order valence-corrected chi connectivity index (χ2v) is 26.7. The molecular weight excluding hydrogens is 1030 g/mol. The molecule has 0 saturated heterocycles. The number of ether oxygens (including phenoxy) is 1. The molecule has 0 radical (unpaired) electrons. The number of nitrogens with one attached hydrogen (secondary N) is 1. The predicted octanol–water partition coefficient (Wildman–Crippen LogP) is 25.3. The summed E-state index contributed by atoms with van der Waals surface area (Å²) in [5, 5.41) is 23.3. The monoisotopic (exact) mass is 1180 g/mol. The number of hydrogen-bond donors (Lipinski definition) is 3. The number of aliphatic hydroxyl groups is 2. The van der Waals surface area contributed by atoms with Crippen LogP contribution in [0.25, 0.3) is 0 Å². The van der Waals surface area contributed by atoms with Gasteiger partial charge in [-0.25, -0.2) is 0 Å². The number of esters is 1. The van der Waals surface area contributed by atoms with Gasteiger partial charge in [0.05, 0.1) is 25.4 Å². The van der Waals surface area contributed by atoms with E-state index in [0.29, 0.717) is 19.4 Å². The summed E-state index contributed by atoms with van der Waals surface area (Å²) < 4.78 is 5.50. The summed E-state index contributed by atoms with van der Waals surface area (Å²) in [6.07, 6.45) is 94.3. The van der Waals surface area contributed by atoms with E-state index in [-0.39, 0.29) is 18.5 Å². The first-order valence-corrected chi connectivity index (χ1v) is 38.6. The maximum atomic E-state index is 12.6. The predicted molar refractivity (Wildman–Crippen MR) is 370 cm³/mol. The third-order valence-corrected chi connectivity index (χ3v) is 18.2. The summed E-state index contributed by atoms with van der Waals surface area (Å²) in [5.74, 6) is -0.0439. The van der Waals surface area contributed by atoms with Crippen molar-refractivity contribution < 1.29 is 24.5 Å². The number of carbonyl (C=O) groups is 2. The van der Waals surface area contributed by atoms with E-state index in [0.717, 1.165) is 38.5 Å². The van der Waals surface area contributed by atoms with E-state index < -0.39 is 12.1 Å². The molecule has 0 spiro atoms. The van der Waals surface area contributed by atoms with Gasteiger partial charge in [-0.15, -0.1) is 0 Å². The standard InChI is InChI=1S/C78H151NO5/c1-3-5-7-9-11-13-15-17-19-20-21-22-23-28-31-34-37-40-43-46-50-54-58-62-66-70-76(81)75(74-80)79-77(82)71-67-63-59-55-51-47-44-41-38-35-32-29-26-24-25-27-30-33-36-39-42-45-49-53-57-61-65-69-73-84-78(83)72-68-64-60-56-52-48-18-16-14-12-10-8-6-4-2/h24-25,66,70,75-76,80-81H,3-23,26-65,67-69,71-74H2,1-2H3,(H,79,82)/b25-24-,70-66+. The van der Waals surface area contributed by atoms with Crippen molar-refractivity contribution in [1.82, 2.24) is 5.32 Å². The van der Waals surface area contributed by atoms with Crippen LogP contribution in [0.4, 0.5) is 0 Å². The van der Waals surface area contributed by atoms with Gasteiger partial charge in [-0.1, -0.05) is 391 Å². The second-order valence-electron chi connectivity index (χ2n) is 26.7. The fourth-order valence-corrected chi connectivity index (χ4v) is 12.3. The molecule has 3 N–H and O–H groups in total. The van der Waals surface area contributed by atoms with Crippen molar-refractivity contribution in [2.75, 3.05) is 13.2 Å². The average molecular weight is 1180 g/mol. The number of hydrogen-bond acceptors (Lipinski definition) is 5. The molecule has 0 aliphatic heterocycles. The first kappa shape index (κ1) is 82.3. The Bertz CT molecular complexity index is 1320. The maximum absolute atomic E-state index is 12.6. The fraction of sp³-hybridized carbons (Fsp3) is 0.923. The Hall–Kier alpha value is -1.66. The molecule has 0 aliphatic carbocycles. The molecular formula is C78H151NO5. The lowest BCUT2D eigenvalue weighted by atomic mass is 10.0. The van der Waals surface area contributed by atoms with Crippen molar-refractivity contribution in [1.29, 1.82) is 0 Å². The zero-order chi connectivity index (χ0) is 60.6. The molecule has 0 aromatic carbocycles. The Morgan fingerprint density at radius 3 is 0.845 bits per heavy atom. The third-order valence-electron chi connectivity index (χ3n) is 18.2. The second kappa shape index (κ2) is 73.8. The van der Waals surface area contributed by atoms with Gasteiger partial charge in [0.25, 0.3) is 0 Å². The normalized spacial score (nSPS) is 12.6. The first-order valence-electron chi connectivity index (χ1n) is 38.6. The molecule has 0 aromatic heterocycles. The molecule has 84 heavy (non-hydrogen) atoms. The molecule has 0 aromatic rings. The third kappa shape index (κ3) is 69.4. The molecule has 0 fully saturated rings. The molecule has 2 atom stereocenters. The Morgan fingerprint density at radius 1 is 0.321 bits per heavy atom. The number of rotatable bonds is 73. The first-order chi connectivity index (χ1) is 41.5. The molecule has 0 rings (SSSR count). The number of carbonyl (C=O) groups excluding carboxylic acids is 2. The number of allylic oxidation sites excluding steroid dienone is 3. The lowest BCUT2D eigenvalue weighted by Gasteiger charge is -2.20. The van der Waals surface area contributed by atoms with Crippen LogP contribution in [0.2, 0.25) is 0 Å². The quantitative estimate of drug-likeness (QED) is 0.0320. The number of amides is 1. The molecule has 6 nitrogen and oxygen atoms in total. The largest absolute Gasteiger partial charge is 0.466 e. The van der Waals surface area contributed by atoms with Gasteiger partial charge in [0, 0.05) is 12.8 Å². The molecule has 1 amide bonds. The van der Waals surface area contributed by atoms with Crippen LogP contribution in [-0.2, 0) is 14.3 Å². The lowest BCUT2D eigenvalue weighted by Crippen LogP contribution is -2.45. The van der Waals surface area contributed by atoms with Crippen LogP contribution >= 0.6 is 0 Å². The van der Waals surface area contributed by atoms with Gasteiger partial charge in [0.2, 0.25) is 5.91 Å². The summed E-state index contributed by atoms with van der Waals surface area (Å²) in [6.45, 7) is 4.96. The van der Waals surface area contributed by atoms with E-state index >= 15 is 0 Å². The van der Waals surface area contributed by atoms with Gasteiger partial charge in [-0.3, -0.25) is 9.59 Å². The highest BCUT2D eigenvalue weighted by atomic mass is 16.5. The van der Waals surface area contributed by atoms with E-state index in [1.807, 2.05) is 6.08 Å². The van der Waals surface area contributed by atoms with Crippen LogP contribution in [0.3, 0.4) is 0 Å². The fourth-order valence-electron chi connectivity index (χ4n) is 12.3. The molecule has 0 bridgehead atoms. The minimum Gasteiger partial charge on any atom is -0.466 e. The van der Waals surface area contributed by atoms with Gasteiger partial charge < -0.3 is 20.3 Å². The van der Waals surface area contributed by atoms with Crippen molar-refractivity contribution in [2.24, 2.45) is 0 Å². The van der Waals surface area contributed by atoms with E-state index in [9.17, 15) is 19.8 Å². The Morgan fingerprint density at radius 2 is 0.560 bits per heavy atom. The summed E-state index contributed by atoms with van der Waals surface area (Å²) in [4.78, 5) is 24.6. The van der Waals surface area contributed by atoms with Crippen molar-refractivity contribution >= 4 is 11.9 Å². The van der Waals surface area contributed by atoms with Crippen molar-refractivity contribution in [2.45, 2.75) is 450 Å². The van der Waals surface area contributed by atoms with Crippen LogP contribution < -0.4 is 5.32 Å². The summed E-state index contributed by atoms with van der Waals surface area (Å²) in [5.41, 5.74) is 0. The SMILES string of the molecule is CCCCCCCCCCCCCCCCCCCCCCCCC/C=C/C(O)C(CO)NC(=O)CCCCCCCCCCCCCC/C=C\CCCCCCCCCCCCCCOC(=O)CCCCCCCCCCCCCCCC. The summed E-state index contributed by atoms with van der Waals surface area (Å²) >= 11 is 0. The highest BCUT2D eigenvalue weighted by Gasteiger charge is 2.18. The highest BCUT2D eigenvalue weighted by molar-refractivity contribution is 5.76. The van der Waals surface area contributed by atoms with Gasteiger partial charge in [-0.05, 0) is 57.8 Å². The van der Waals surface area contributed by atoms with Crippen LogP contribution in [0.1, 0.15) is 438 Å². The Balaban J connectivity index is 3.40. The van der Waals surface area contributed by atoms with Crippen LogP contribution in [0, 0.1) is 0 Å². The zero-order valence-corrected chi connectivity index (χ0v) is 57.2. The van der Waals surface area contributed by atoms with Crippen LogP contribution in [-0.4, -0.2) is 47.4 Å². The number of unbranched alkanes of at least 4 members (excludes halogenated alkanes) is 60. The van der Waals surface area contributed by atoms with E-state index in [2.05, 4.69) is 31.3 Å². The minimum atomic E-state index is -0.846. The molecule has 0 heterocycles. The Kier molecular flexibility index (Phi) is 72.3. The summed E-state index contributed by atoms with van der Waals surface area (Å²) in [6, 6.07) is -0.629. The van der Waals surface area contributed by atoms with Crippen molar-refractivity contribution in [3.63, 3.8) is 0 Å². The van der Waals surface area contributed by atoms with Gasteiger partial charge in [-0.2, -0.15) is 0 Å². The highest BCUT2D eigenvalue weighted by Crippen LogP contribution is 2.20. The lowest BCUT2D eigenvalue weighted by molar-refractivity contribution is -0.143. The minimum absolute atomic E-state index is 0.0188. The zero-order valence-electron chi connectivity index (χ0n) is 57.2. The van der Waals surface area contributed by atoms with Crippen molar-refractivity contribution in [3.8, 4) is 0 Å². The van der Waals surface area contributed by atoms with E-state index in [1.54, 1.807) is 6.08 Å².